The Hall–Kier alpha value is -4.50. The van der Waals surface area contributed by atoms with Crippen LogP contribution in [0, 0.1) is 0 Å². The van der Waals surface area contributed by atoms with Gasteiger partial charge in [-0.3, -0.25) is 4.79 Å². The van der Waals surface area contributed by atoms with Gasteiger partial charge in [-0.15, -0.1) is 0 Å². The van der Waals surface area contributed by atoms with Crippen molar-refractivity contribution in [2.45, 2.75) is 32.9 Å². The molecule has 3 N–H and O–H groups in total. The predicted octanol–water partition coefficient (Wildman–Crippen LogP) is 6.13. The molecule has 1 heterocycles. The number of fused-ring (bicyclic) bond motifs is 1. The van der Waals surface area contributed by atoms with Gasteiger partial charge in [-0.1, -0.05) is 41.9 Å². The summed E-state index contributed by atoms with van der Waals surface area (Å²) in [6.45, 7) is 6.29. The van der Waals surface area contributed by atoms with Crippen molar-refractivity contribution < 1.29 is 23.9 Å². The maximum atomic E-state index is 13.3. The molecule has 1 aromatic heterocycles. The van der Waals surface area contributed by atoms with Crippen molar-refractivity contribution in [2.75, 3.05) is 25.5 Å². The zero-order valence-electron chi connectivity index (χ0n) is 23.4. The van der Waals surface area contributed by atoms with Gasteiger partial charge < -0.3 is 30.0 Å². The van der Waals surface area contributed by atoms with Crippen LogP contribution >= 0.6 is 11.6 Å². The second-order valence-corrected chi connectivity index (χ2v) is 10.8. The summed E-state index contributed by atoms with van der Waals surface area (Å²) in [4.78, 5) is 37.5. The van der Waals surface area contributed by atoms with Crippen LogP contribution in [-0.4, -0.2) is 48.3 Å². The molecule has 0 aliphatic heterocycles. The lowest BCUT2D eigenvalue weighted by molar-refractivity contribution is 0.0525. The number of benzene rings is 3. The minimum Gasteiger partial charge on any atom is -0.465 e. The first-order valence-electron chi connectivity index (χ1n) is 13.1. The van der Waals surface area contributed by atoms with E-state index >= 15 is 0 Å². The predicted molar refractivity (Wildman–Crippen MR) is 160 cm³/mol. The molecule has 0 spiro atoms. The third-order valence-electron chi connectivity index (χ3n) is 6.06. The van der Waals surface area contributed by atoms with Crippen molar-refractivity contribution in [3.63, 3.8) is 0 Å². The van der Waals surface area contributed by atoms with E-state index in [1.54, 1.807) is 39.0 Å². The second-order valence-electron chi connectivity index (χ2n) is 10.4. The van der Waals surface area contributed by atoms with Crippen molar-refractivity contribution in [3.8, 4) is 0 Å². The third-order valence-corrected chi connectivity index (χ3v) is 6.30. The van der Waals surface area contributed by atoms with E-state index < -0.39 is 17.7 Å². The summed E-state index contributed by atoms with van der Waals surface area (Å²) in [7, 11) is 1.31. The van der Waals surface area contributed by atoms with Gasteiger partial charge in [-0.05, 0) is 68.8 Å². The standard InChI is InChI=1S/C31H33ClN4O5/c1-31(2,3)41-30(39)34-15-14-33-28(37)27-17-21-16-23(35-25-12-10-22(32)18-24(25)29(38)40-4)11-13-26(21)36(27)19-20-8-6-5-7-9-20/h5-13,16-18,35H,14-15,19H2,1-4H3,(H,33,37)(H,34,39). The third kappa shape index (κ3) is 7.79. The molecule has 0 radical (unpaired) electrons. The van der Waals surface area contributed by atoms with Crippen LogP contribution in [-0.2, 0) is 16.0 Å². The van der Waals surface area contributed by atoms with Gasteiger partial charge in [0.25, 0.3) is 5.91 Å². The first-order valence-corrected chi connectivity index (χ1v) is 13.5. The largest absolute Gasteiger partial charge is 0.465 e. The zero-order valence-corrected chi connectivity index (χ0v) is 24.2. The number of halogens is 1. The SMILES string of the molecule is COC(=O)c1cc(Cl)ccc1Nc1ccc2c(c1)cc(C(=O)NCCNC(=O)OC(C)(C)C)n2Cc1ccccc1. The molecule has 2 amide bonds. The van der Waals surface area contributed by atoms with E-state index in [1.807, 2.05) is 59.2 Å². The summed E-state index contributed by atoms with van der Waals surface area (Å²) in [6, 6.07) is 22.3. The number of nitrogens with one attached hydrogen (secondary N) is 3. The van der Waals surface area contributed by atoms with Gasteiger partial charge in [0.05, 0.1) is 18.4 Å². The molecule has 3 aromatic carbocycles. The van der Waals surface area contributed by atoms with Crippen LogP contribution in [0.2, 0.25) is 5.02 Å². The second kappa shape index (κ2) is 12.8. The van der Waals surface area contributed by atoms with Crippen LogP contribution in [0.25, 0.3) is 10.9 Å². The van der Waals surface area contributed by atoms with E-state index in [9.17, 15) is 14.4 Å². The summed E-state index contributed by atoms with van der Waals surface area (Å²) in [5.41, 5.74) is 3.34. The summed E-state index contributed by atoms with van der Waals surface area (Å²) in [6.07, 6.45) is -0.541. The Balaban J connectivity index is 1.58. The molecular formula is C31H33ClN4O5. The monoisotopic (exact) mass is 576 g/mol. The Kier molecular flexibility index (Phi) is 9.19. The summed E-state index contributed by atoms with van der Waals surface area (Å²) < 4.78 is 12.1. The van der Waals surface area contributed by atoms with Crippen molar-refractivity contribution in [1.82, 2.24) is 15.2 Å². The highest BCUT2D eigenvalue weighted by molar-refractivity contribution is 6.31. The minimum atomic E-state index is -0.603. The fourth-order valence-electron chi connectivity index (χ4n) is 4.28. The number of methoxy groups -OCH3 is 1. The van der Waals surface area contributed by atoms with Crippen molar-refractivity contribution >= 4 is 51.8 Å². The Bertz CT molecular complexity index is 1560. The molecule has 0 aliphatic rings. The maximum absolute atomic E-state index is 13.3. The molecule has 0 fully saturated rings. The number of esters is 1. The highest BCUT2D eigenvalue weighted by Crippen LogP contribution is 2.29. The molecule has 214 valence electrons. The van der Waals surface area contributed by atoms with Crippen LogP contribution in [0.5, 0.6) is 0 Å². The van der Waals surface area contributed by atoms with Crippen LogP contribution in [0.3, 0.4) is 0 Å². The smallest absolute Gasteiger partial charge is 0.407 e. The molecule has 9 nitrogen and oxygen atoms in total. The van der Waals surface area contributed by atoms with E-state index in [2.05, 4.69) is 16.0 Å². The number of rotatable bonds is 9. The van der Waals surface area contributed by atoms with Gasteiger partial charge in [-0.2, -0.15) is 0 Å². The Morgan fingerprint density at radius 1 is 0.902 bits per heavy atom. The molecule has 0 aliphatic carbocycles. The van der Waals surface area contributed by atoms with Gasteiger partial charge >= 0.3 is 12.1 Å². The van der Waals surface area contributed by atoms with E-state index in [0.29, 0.717) is 28.5 Å². The van der Waals surface area contributed by atoms with Crippen LogP contribution in [0.4, 0.5) is 16.2 Å². The van der Waals surface area contributed by atoms with Gasteiger partial charge in [0.2, 0.25) is 0 Å². The van der Waals surface area contributed by atoms with E-state index in [4.69, 9.17) is 21.1 Å². The number of aromatic nitrogens is 1. The first-order chi connectivity index (χ1) is 19.5. The highest BCUT2D eigenvalue weighted by Gasteiger charge is 2.19. The zero-order chi connectivity index (χ0) is 29.6. The molecule has 41 heavy (non-hydrogen) atoms. The number of amides is 2. The number of hydrogen-bond acceptors (Lipinski definition) is 6. The maximum Gasteiger partial charge on any atom is 0.407 e. The van der Waals surface area contributed by atoms with Crippen molar-refractivity contribution in [2.24, 2.45) is 0 Å². The molecule has 4 aromatic rings. The summed E-state index contributed by atoms with van der Waals surface area (Å²) in [5, 5.41) is 10.0. The van der Waals surface area contributed by atoms with Crippen molar-refractivity contribution in [1.29, 1.82) is 0 Å². The topological polar surface area (TPSA) is 111 Å². The highest BCUT2D eigenvalue weighted by atomic mass is 35.5. The summed E-state index contributed by atoms with van der Waals surface area (Å²) >= 11 is 6.10. The first kappa shape index (κ1) is 29.5. The van der Waals surface area contributed by atoms with E-state index in [0.717, 1.165) is 22.2 Å². The Morgan fingerprint density at radius 2 is 1.63 bits per heavy atom. The number of ether oxygens (including phenoxy) is 2. The van der Waals surface area contributed by atoms with Crippen LogP contribution < -0.4 is 16.0 Å². The van der Waals surface area contributed by atoms with E-state index in [1.165, 1.54) is 7.11 Å². The quantitative estimate of drug-likeness (QED) is 0.163. The lowest BCUT2D eigenvalue weighted by atomic mass is 10.1. The fraction of sp³-hybridized carbons (Fsp3) is 0.258. The average molecular weight is 577 g/mol. The number of hydrogen-bond donors (Lipinski definition) is 3. The molecule has 4 rings (SSSR count). The number of anilines is 2. The summed E-state index contributed by atoms with van der Waals surface area (Å²) in [5.74, 6) is -0.784. The molecule has 10 heteroatoms. The van der Waals surface area contributed by atoms with Crippen LogP contribution in [0.1, 0.15) is 47.2 Å². The minimum absolute atomic E-state index is 0.219. The number of carbonyl (C=O) groups is 3. The molecule has 0 atom stereocenters. The van der Waals surface area contributed by atoms with Gasteiger partial charge in [-0.25, -0.2) is 9.59 Å². The molecule has 0 saturated heterocycles. The van der Waals surface area contributed by atoms with Gasteiger partial charge in [0.15, 0.2) is 0 Å². The Labute approximate surface area is 243 Å². The average Bonchev–Trinajstić information content (AvgIpc) is 3.28. The number of carbonyl (C=O) groups excluding carboxylic acids is 3. The normalized spacial score (nSPS) is 11.1. The van der Waals surface area contributed by atoms with Gasteiger partial charge in [0.1, 0.15) is 11.3 Å². The Morgan fingerprint density at radius 3 is 2.34 bits per heavy atom. The number of nitrogens with zero attached hydrogens (tertiary/aromatic N) is 1. The lowest BCUT2D eigenvalue weighted by Crippen LogP contribution is -2.38. The molecule has 0 unspecified atom stereocenters. The molecule has 0 saturated carbocycles. The fourth-order valence-corrected chi connectivity index (χ4v) is 4.45. The lowest BCUT2D eigenvalue weighted by Gasteiger charge is -2.19. The van der Waals surface area contributed by atoms with E-state index in [-0.39, 0.29) is 19.0 Å². The van der Waals surface area contributed by atoms with Gasteiger partial charge in [0, 0.05) is 41.2 Å². The van der Waals surface area contributed by atoms with Crippen molar-refractivity contribution in [3.05, 3.63) is 94.6 Å². The van der Waals surface area contributed by atoms with Crippen LogP contribution in [0.15, 0.2) is 72.8 Å². The number of alkyl carbamates (subject to hydrolysis) is 1. The molecule has 0 bridgehead atoms. The molecular weight excluding hydrogens is 544 g/mol.